The fourth-order valence-corrected chi connectivity index (χ4v) is 8.75. The molecule has 0 aromatic carbocycles. The summed E-state index contributed by atoms with van der Waals surface area (Å²) in [6.45, 7) is 3.66. The van der Waals surface area contributed by atoms with Crippen molar-refractivity contribution in [3.8, 4) is 0 Å². The molecule has 1 rings (SSSR count). The quantitative estimate of drug-likeness (QED) is 0.0261. The van der Waals surface area contributed by atoms with E-state index in [1.54, 1.807) is 6.08 Å². The number of nitrogens with one attached hydrogen (secondary N) is 1. The normalized spacial score (nSPS) is 20.0. The van der Waals surface area contributed by atoms with Crippen LogP contribution in [0, 0.1) is 0 Å². The molecule has 400 valence electrons. The maximum absolute atomic E-state index is 13.0. The predicted molar refractivity (Wildman–Crippen MR) is 290 cm³/mol. The van der Waals surface area contributed by atoms with Crippen molar-refractivity contribution in [1.82, 2.24) is 5.32 Å². The standard InChI is InChI=1S/C60H107NO8/c1-3-5-7-9-11-13-15-17-19-21-23-25-26-27-28-30-31-33-35-37-39-41-43-45-47-49-54(63)53(52-68-60-59(67)58(66)57(65)55(51-62)69-60)61-56(64)50-48-46-44-42-40-38-36-34-32-29-24-22-20-18-16-14-12-10-8-6-4-2/h6,8,12,14,18,20,24,29,39,41,47,49,53-55,57-60,62-63,65-67H,3-5,7,9-11,13,15-17,19,21-23,25-28,30-38,40,42-46,48,50-52H2,1-2H3,(H,61,64)/b8-6-,14-12-,20-18-,29-24-,41-39+,49-47+. The minimum atomic E-state index is -1.58. The van der Waals surface area contributed by atoms with Gasteiger partial charge < -0.3 is 40.3 Å². The molecule has 6 N–H and O–H groups in total. The minimum absolute atomic E-state index is 0.196. The minimum Gasteiger partial charge on any atom is -0.394 e. The van der Waals surface area contributed by atoms with Gasteiger partial charge >= 0.3 is 0 Å². The molecule has 0 spiro atoms. The van der Waals surface area contributed by atoms with Crippen LogP contribution < -0.4 is 5.32 Å². The number of aliphatic hydroxyl groups excluding tert-OH is 5. The smallest absolute Gasteiger partial charge is 0.220 e. The number of amides is 1. The fraction of sp³-hybridized carbons (Fsp3) is 0.783. The third-order valence-corrected chi connectivity index (χ3v) is 13.3. The van der Waals surface area contributed by atoms with Gasteiger partial charge in [0.05, 0.1) is 25.4 Å². The number of carbonyl (C=O) groups is 1. The highest BCUT2D eigenvalue weighted by Gasteiger charge is 2.44. The van der Waals surface area contributed by atoms with E-state index in [-0.39, 0.29) is 12.5 Å². The molecule has 1 aliphatic rings. The van der Waals surface area contributed by atoms with Crippen LogP contribution in [0.1, 0.15) is 245 Å². The molecule has 0 aromatic rings. The van der Waals surface area contributed by atoms with Gasteiger partial charge in [0, 0.05) is 6.42 Å². The SMILES string of the molecule is CC/C=C\C/C=C\C/C=C\C/C=C\CCCCCCCCCCC(=O)NC(COC1OC(CO)C(O)C(O)C1O)C(O)/C=C/CC/C=C/CCCCCCCCCCCCCCCCCCCCC. The molecule has 0 bridgehead atoms. The first-order valence-corrected chi connectivity index (χ1v) is 28.7. The third kappa shape index (κ3) is 38.9. The van der Waals surface area contributed by atoms with Crippen LogP contribution >= 0.6 is 0 Å². The van der Waals surface area contributed by atoms with Crippen molar-refractivity contribution in [2.75, 3.05) is 13.2 Å². The topological polar surface area (TPSA) is 149 Å². The highest BCUT2D eigenvalue weighted by molar-refractivity contribution is 5.76. The Morgan fingerprint density at radius 3 is 1.39 bits per heavy atom. The second-order valence-electron chi connectivity index (χ2n) is 19.7. The van der Waals surface area contributed by atoms with Crippen LogP contribution in [-0.2, 0) is 14.3 Å². The Hall–Kier alpha value is -2.37. The average Bonchev–Trinajstić information content (AvgIpc) is 3.35. The first kappa shape index (κ1) is 64.6. The predicted octanol–water partition coefficient (Wildman–Crippen LogP) is 14.1. The van der Waals surface area contributed by atoms with Crippen LogP contribution in [-0.4, -0.2) is 87.5 Å². The molecule has 0 aromatic heterocycles. The number of allylic oxidation sites excluding steroid dienone is 11. The van der Waals surface area contributed by atoms with Crippen LogP contribution in [0.3, 0.4) is 0 Å². The number of ether oxygens (including phenoxy) is 2. The molecule has 7 unspecified atom stereocenters. The first-order chi connectivity index (χ1) is 33.8. The van der Waals surface area contributed by atoms with E-state index in [4.69, 9.17) is 9.47 Å². The molecule has 69 heavy (non-hydrogen) atoms. The monoisotopic (exact) mass is 970 g/mol. The van der Waals surface area contributed by atoms with Gasteiger partial charge in [0.25, 0.3) is 0 Å². The lowest BCUT2D eigenvalue weighted by Crippen LogP contribution is -2.60. The molecule has 0 radical (unpaired) electrons. The van der Waals surface area contributed by atoms with Crippen LogP contribution in [0.4, 0.5) is 0 Å². The molecule has 1 aliphatic heterocycles. The number of hydrogen-bond acceptors (Lipinski definition) is 8. The zero-order valence-electron chi connectivity index (χ0n) is 44.3. The van der Waals surface area contributed by atoms with Crippen LogP contribution in [0.5, 0.6) is 0 Å². The van der Waals surface area contributed by atoms with Crippen LogP contribution in [0.15, 0.2) is 72.9 Å². The fourth-order valence-electron chi connectivity index (χ4n) is 8.75. The Kier molecular flexibility index (Phi) is 46.1. The second-order valence-corrected chi connectivity index (χ2v) is 19.7. The van der Waals surface area contributed by atoms with E-state index < -0.39 is 49.5 Å². The number of rotatable bonds is 48. The van der Waals surface area contributed by atoms with E-state index in [9.17, 15) is 30.3 Å². The van der Waals surface area contributed by atoms with Gasteiger partial charge in [-0.2, -0.15) is 0 Å². The van der Waals surface area contributed by atoms with Crippen molar-refractivity contribution in [2.24, 2.45) is 0 Å². The van der Waals surface area contributed by atoms with E-state index in [1.807, 2.05) is 6.08 Å². The molecule has 1 heterocycles. The Labute approximate surface area is 423 Å². The Balaban J connectivity index is 2.27. The van der Waals surface area contributed by atoms with Crippen molar-refractivity contribution in [2.45, 2.75) is 288 Å². The van der Waals surface area contributed by atoms with Gasteiger partial charge in [0.15, 0.2) is 6.29 Å². The van der Waals surface area contributed by atoms with E-state index in [0.717, 1.165) is 77.0 Å². The maximum Gasteiger partial charge on any atom is 0.220 e. The summed E-state index contributed by atoms with van der Waals surface area (Å²) in [7, 11) is 0. The first-order valence-electron chi connectivity index (χ1n) is 28.7. The molecule has 1 amide bonds. The molecule has 7 atom stereocenters. The Morgan fingerprint density at radius 1 is 0.507 bits per heavy atom. The largest absolute Gasteiger partial charge is 0.394 e. The lowest BCUT2D eigenvalue weighted by Gasteiger charge is -2.40. The number of hydrogen-bond donors (Lipinski definition) is 6. The van der Waals surface area contributed by atoms with Gasteiger partial charge in [-0.25, -0.2) is 0 Å². The molecule has 0 aliphatic carbocycles. The van der Waals surface area contributed by atoms with Crippen molar-refractivity contribution in [3.63, 3.8) is 0 Å². The average molecular weight is 971 g/mol. The summed E-state index contributed by atoms with van der Waals surface area (Å²) < 4.78 is 11.3. The number of unbranched alkanes of at least 4 members (excludes halogenated alkanes) is 28. The molecule has 1 saturated heterocycles. The van der Waals surface area contributed by atoms with Crippen molar-refractivity contribution >= 4 is 5.91 Å². The molecule has 1 fully saturated rings. The lowest BCUT2D eigenvalue weighted by molar-refractivity contribution is -0.302. The van der Waals surface area contributed by atoms with Gasteiger partial charge in [-0.05, 0) is 70.6 Å². The molecular weight excluding hydrogens is 863 g/mol. The summed E-state index contributed by atoms with van der Waals surface area (Å²) in [5.41, 5.74) is 0. The van der Waals surface area contributed by atoms with Gasteiger partial charge in [0.2, 0.25) is 5.91 Å². The molecule has 0 saturated carbocycles. The van der Waals surface area contributed by atoms with Crippen molar-refractivity contribution in [3.05, 3.63) is 72.9 Å². The summed E-state index contributed by atoms with van der Waals surface area (Å²) in [6, 6.07) is -0.831. The second kappa shape index (κ2) is 49.2. The summed E-state index contributed by atoms with van der Waals surface area (Å²) in [4.78, 5) is 13.0. The van der Waals surface area contributed by atoms with Crippen molar-refractivity contribution in [1.29, 1.82) is 0 Å². The Bertz CT molecular complexity index is 1310. The van der Waals surface area contributed by atoms with Crippen LogP contribution in [0.2, 0.25) is 0 Å². The third-order valence-electron chi connectivity index (χ3n) is 13.3. The van der Waals surface area contributed by atoms with E-state index in [0.29, 0.717) is 6.42 Å². The highest BCUT2D eigenvalue weighted by Crippen LogP contribution is 2.23. The molecule has 9 heteroatoms. The summed E-state index contributed by atoms with van der Waals surface area (Å²) >= 11 is 0. The Morgan fingerprint density at radius 2 is 0.913 bits per heavy atom. The van der Waals surface area contributed by atoms with Gasteiger partial charge in [-0.15, -0.1) is 0 Å². The molecular formula is C60H107NO8. The summed E-state index contributed by atoms with van der Waals surface area (Å²) in [5, 5.41) is 54.5. The number of aliphatic hydroxyl groups is 5. The van der Waals surface area contributed by atoms with E-state index in [1.165, 1.54) is 148 Å². The van der Waals surface area contributed by atoms with E-state index >= 15 is 0 Å². The zero-order chi connectivity index (χ0) is 50.1. The summed E-state index contributed by atoms with van der Waals surface area (Å²) in [6.07, 6.45) is 61.1. The van der Waals surface area contributed by atoms with E-state index in [2.05, 4.69) is 79.9 Å². The zero-order valence-corrected chi connectivity index (χ0v) is 44.3. The lowest BCUT2D eigenvalue weighted by atomic mass is 9.99. The summed E-state index contributed by atoms with van der Waals surface area (Å²) in [5.74, 6) is -0.196. The molecule has 9 nitrogen and oxygen atoms in total. The van der Waals surface area contributed by atoms with Gasteiger partial charge in [-0.1, -0.05) is 241 Å². The maximum atomic E-state index is 13.0. The van der Waals surface area contributed by atoms with Crippen molar-refractivity contribution < 1.29 is 39.8 Å². The van der Waals surface area contributed by atoms with Crippen LogP contribution in [0.25, 0.3) is 0 Å². The van der Waals surface area contributed by atoms with Gasteiger partial charge in [0.1, 0.15) is 24.4 Å². The highest BCUT2D eigenvalue weighted by atomic mass is 16.7. The number of carbonyl (C=O) groups excluding carboxylic acids is 1. The van der Waals surface area contributed by atoms with Gasteiger partial charge in [-0.3, -0.25) is 4.79 Å².